The summed E-state index contributed by atoms with van der Waals surface area (Å²) in [6.07, 6.45) is 3.78. The number of H-pyrrole nitrogens is 1. The van der Waals surface area contributed by atoms with Gasteiger partial charge in [0.15, 0.2) is 0 Å². The highest BCUT2D eigenvalue weighted by atomic mass is 35.5. The smallest absolute Gasteiger partial charge is 0.254 e. The van der Waals surface area contributed by atoms with E-state index in [4.69, 9.17) is 20.9 Å². The largest absolute Gasteiger partial charge is 0.479 e. The fraction of sp³-hybridized carbons (Fsp3) is 0.368. The Labute approximate surface area is 155 Å². The van der Waals surface area contributed by atoms with Crippen LogP contribution in [0.15, 0.2) is 28.8 Å². The number of ether oxygens (including phenoxy) is 1. The number of hydrogen-bond donors (Lipinski definition) is 2. The number of hydrogen-bond acceptors (Lipinski definition) is 4. The number of carbonyl (C=O) groups excluding carboxylic acids is 1. The fourth-order valence-corrected chi connectivity index (χ4v) is 3.83. The fourth-order valence-electron chi connectivity index (χ4n) is 3.61. The van der Waals surface area contributed by atoms with Crippen molar-refractivity contribution in [2.24, 2.45) is 0 Å². The molecule has 1 aromatic carbocycles. The molecular formula is C19H20ClN3O3. The van der Waals surface area contributed by atoms with Gasteiger partial charge in [-0.25, -0.2) is 0 Å². The minimum atomic E-state index is -0.0148. The molecule has 0 saturated heterocycles. The number of carbonyl (C=O) groups is 1. The number of fused-ring (bicyclic) bond motifs is 3. The van der Waals surface area contributed by atoms with E-state index < -0.39 is 0 Å². The second kappa shape index (κ2) is 7.03. The quantitative estimate of drug-likeness (QED) is 0.709. The van der Waals surface area contributed by atoms with Gasteiger partial charge in [-0.3, -0.25) is 4.79 Å². The zero-order valence-electron chi connectivity index (χ0n) is 14.5. The van der Waals surface area contributed by atoms with Gasteiger partial charge >= 0.3 is 0 Å². The van der Waals surface area contributed by atoms with Crippen LogP contribution in [-0.2, 0) is 17.6 Å². The van der Waals surface area contributed by atoms with Crippen LogP contribution < -0.4 is 10.1 Å². The molecule has 7 heteroatoms. The van der Waals surface area contributed by atoms with Crippen LogP contribution >= 0.6 is 11.6 Å². The monoisotopic (exact) mass is 373 g/mol. The lowest BCUT2D eigenvalue weighted by atomic mass is 9.91. The third-order valence-corrected chi connectivity index (χ3v) is 5.19. The highest BCUT2D eigenvalue weighted by Gasteiger charge is 2.26. The van der Waals surface area contributed by atoms with E-state index in [2.05, 4.69) is 21.5 Å². The molecule has 0 saturated carbocycles. The van der Waals surface area contributed by atoms with Gasteiger partial charge in [0.05, 0.1) is 23.7 Å². The predicted octanol–water partition coefficient (Wildman–Crippen LogP) is 3.94. The maximum Gasteiger partial charge on any atom is 0.254 e. The summed E-state index contributed by atoms with van der Waals surface area (Å²) in [4.78, 5) is 15.8. The molecule has 136 valence electrons. The third-order valence-electron chi connectivity index (χ3n) is 4.87. The average molecular weight is 374 g/mol. The van der Waals surface area contributed by atoms with Crippen molar-refractivity contribution in [1.29, 1.82) is 0 Å². The van der Waals surface area contributed by atoms with Gasteiger partial charge in [0.2, 0.25) is 5.91 Å². The van der Waals surface area contributed by atoms with Gasteiger partial charge in [-0.1, -0.05) is 23.7 Å². The number of aryl methyl sites for hydroxylation is 2. The van der Waals surface area contributed by atoms with Crippen molar-refractivity contribution in [3.8, 4) is 5.88 Å². The average Bonchev–Trinajstić information content (AvgIpc) is 3.26. The molecule has 26 heavy (non-hydrogen) atoms. The van der Waals surface area contributed by atoms with Crippen LogP contribution in [-0.4, -0.2) is 23.2 Å². The first-order valence-corrected chi connectivity index (χ1v) is 9.11. The molecule has 2 heterocycles. The minimum Gasteiger partial charge on any atom is -0.479 e. The van der Waals surface area contributed by atoms with Gasteiger partial charge in [-0.05, 0) is 36.0 Å². The van der Waals surface area contributed by atoms with Crippen molar-refractivity contribution in [3.05, 3.63) is 46.3 Å². The zero-order valence-corrected chi connectivity index (χ0v) is 15.2. The van der Waals surface area contributed by atoms with Crippen molar-refractivity contribution in [2.45, 2.75) is 38.1 Å². The van der Waals surface area contributed by atoms with E-state index in [9.17, 15) is 4.79 Å². The normalized spacial score (nSPS) is 16.5. The molecule has 0 fully saturated rings. The number of para-hydroxylation sites is 1. The van der Waals surface area contributed by atoms with Crippen LogP contribution in [0.5, 0.6) is 5.88 Å². The number of nitrogens with zero attached hydrogens (tertiary/aromatic N) is 1. The van der Waals surface area contributed by atoms with Crippen LogP contribution in [0.3, 0.4) is 0 Å². The summed E-state index contributed by atoms with van der Waals surface area (Å²) in [5.41, 5.74) is 3.29. The Bertz CT molecular complexity index is 947. The topological polar surface area (TPSA) is 80.1 Å². The molecule has 3 aromatic rings. The predicted molar refractivity (Wildman–Crippen MR) is 98.5 cm³/mol. The molecule has 1 amide bonds. The van der Waals surface area contributed by atoms with E-state index in [-0.39, 0.29) is 11.9 Å². The van der Waals surface area contributed by atoms with E-state index in [1.165, 1.54) is 12.7 Å². The Balaban J connectivity index is 1.47. The summed E-state index contributed by atoms with van der Waals surface area (Å²) in [6.45, 7) is 0. The van der Waals surface area contributed by atoms with E-state index in [1.807, 2.05) is 12.1 Å². The van der Waals surface area contributed by atoms with Gasteiger partial charge in [-0.15, -0.1) is 0 Å². The van der Waals surface area contributed by atoms with Crippen molar-refractivity contribution in [2.75, 3.05) is 7.11 Å². The molecule has 0 aliphatic heterocycles. The standard InChI is InChI=1S/C19H20ClN3O3/c1-25-17-10-11(26-23-17)8-9-16(24)21-15-7-3-5-13-12-4-2-6-14(20)18(12)22-19(13)15/h2,4,6,10,15,22H,3,5,7-9H2,1H3,(H,21,24). The molecule has 1 unspecified atom stereocenters. The second-order valence-corrected chi connectivity index (χ2v) is 6.93. The summed E-state index contributed by atoms with van der Waals surface area (Å²) < 4.78 is 10.1. The summed E-state index contributed by atoms with van der Waals surface area (Å²) in [6, 6.07) is 7.61. The van der Waals surface area contributed by atoms with Crippen molar-refractivity contribution in [1.82, 2.24) is 15.5 Å². The third kappa shape index (κ3) is 3.17. The SMILES string of the molecule is COc1cc(CCC(=O)NC2CCCc3c2[nH]c2c(Cl)cccc32)on1. The number of amides is 1. The maximum atomic E-state index is 12.4. The van der Waals surface area contributed by atoms with Crippen LogP contribution in [0.2, 0.25) is 5.02 Å². The van der Waals surface area contributed by atoms with Gasteiger partial charge in [-0.2, -0.15) is 0 Å². The van der Waals surface area contributed by atoms with Crippen molar-refractivity contribution >= 4 is 28.4 Å². The van der Waals surface area contributed by atoms with Crippen LogP contribution in [0.25, 0.3) is 10.9 Å². The first-order valence-electron chi connectivity index (χ1n) is 8.73. The van der Waals surface area contributed by atoms with E-state index in [1.54, 1.807) is 6.07 Å². The summed E-state index contributed by atoms with van der Waals surface area (Å²) >= 11 is 6.32. The first kappa shape index (κ1) is 17.0. The van der Waals surface area contributed by atoms with E-state index in [0.717, 1.165) is 35.9 Å². The number of rotatable bonds is 5. The lowest BCUT2D eigenvalue weighted by Gasteiger charge is -2.23. The van der Waals surface area contributed by atoms with Crippen molar-refractivity contribution < 1.29 is 14.1 Å². The number of aromatic amines is 1. The molecule has 0 radical (unpaired) electrons. The number of aromatic nitrogens is 2. The van der Waals surface area contributed by atoms with Gasteiger partial charge in [0.25, 0.3) is 5.88 Å². The van der Waals surface area contributed by atoms with Gasteiger partial charge in [0.1, 0.15) is 5.76 Å². The van der Waals surface area contributed by atoms with Crippen LogP contribution in [0, 0.1) is 0 Å². The Kier molecular flexibility index (Phi) is 4.59. The zero-order chi connectivity index (χ0) is 18.1. The highest BCUT2D eigenvalue weighted by molar-refractivity contribution is 6.35. The summed E-state index contributed by atoms with van der Waals surface area (Å²) in [5, 5.41) is 8.75. The number of methoxy groups -OCH3 is 1. The first-order chi connectivity index (χ1) is 12.7. The molecule has 0 spiro atoms. The Hall–Kier alpha value is -2.47. The van der Waals surface area contributed by atoms with Crippen LogP contribution in [0.4, 0.5) is 0 Å². The second-order valence-electron chi connectivity index (χ2n) is 6.53. The Morgan fingerprint density at radius 2 is 2.38 bits per heavy atom. The van der Waals surface area contributed by atoms with E-state index >= 15 is 0 Å². The molecule has 1 aliphatic carbocycles. The molecule has 0 bridgehead atoms. The molecule has 2 N–H and O–H groups in total. The maximum absolute atomic E-state index is 12.4. The molecule has 1 atom stereocenters. The number of benzene rings is 1. The molecular weight excluding hydrogens is 354 g/mol. The lowest BCUT2D eigenvalue weighted by Crippen LogP contribution is -2.31. The van der Waals surface area contributed by atoms with Gasteiger partial charge in [0, 0.05) is 30.0 Å². The molecule has 2 aromatic heterocycles. The summed E-state index contributed by atoms with van der Waals surface area (Å²) in [7, 11) is 1.53. The molecule has 1 aliphatic rings. The number of halogens is 1. The van der Waals surface area contributed by atoms with Crippen LogP contribution in [0.1, 0.15) is 42.3 Å². The minimum absolute atomic E-state index is 0.0111. The summed E-state index contributed by atoms with van der Waals surface area (Å²) in [5.74, 6) is 1.05. The number of nitrogens with one attached hydrogen (secondary N) is 2. The molecule has 6 nitrogen and oxygen atoms in total. The Morgan fingerprint density at radius 1 is 1.50 bits per heavy atom. The van der Waals surface area contributed by atoms with Crippen molar-refractivity contribution in [3.63, 3.8) is 0 Å². The molecule has 4 rings (SSSR count). The highest BCUT2D eigenvalue weighted by Crippen LogP contribution is 2.36. The van der Waals surface area contributed by atoms with Gasteiger partial charge < -0.3 is 19.6 Å². The lowest BCUT2D eigenvalue weighted by molar-refractivity contribution is -0.122. The van der Waals surface area contributed by atoms with E-state index in [0.29, 0.717) is 29.5 Å². The Morgan fingerprint density at radius 3 is 3.19 bits per heavy atom.